The van der Waals surface area contributed by atoms with Gasteiger partial charge in [-0.15, -0.1) is 10.2 Å². The van der Waals surface area contributed by atoms with Crippen LogP contribution in [0.3, 0.4) is 0 Å². The van der Waals surface area contributed by atoms with Crippen LogP contribution >= 0.6 is 63.7 Å². The maximum Gasteiger partial charge on any atom is 0.307 e. The summed E-state index contributed by atoms with van der Waals surface area (Å²) in [5.41, 5.74) is 1.23. The lowest BCUT2D eigenvalue weighted by Crippen LogP contribution is -2.23. The molecule has 15 heteroatoms. The minimum atomic E-state index is -0.914. The van der Waals surface area contributed by atoms with Gasteiger partial charge in [-0.2, -0.15) is 0 Å². The molecule has 2 aromatic carbocycles. The Hall–Kier alpha value is -2.85. The van der Waals surface area contributed by atoms with E-state index in [4.69, 9.17) is 19.7 Å². The van der Waals surface area contributed by atoms with Gasteiger partial charge in [-0.3, -0.25) is 14.4 Å². The van der Waals surface area contributed by atoms with Crippen molar-refractivity contribution >= 4 is 69.7 Å². The summed E-state index contributed by atoms with van der Waals surface area (Å²) in [7, 11) is 0. The Kier molecular flexibility index (Phi) is 13.5. The quantitative estimate of drug-likeness (QED) is 0.166. The number of aliphatic hydroxyl groups excluding tert-OH is 1. The molecule has 11 nitrogen and oxygen atoms in total. The molecule has 0 aliphatic carbocycles. The van der Waals surface area contributed by atoms with Gasteiger partial charge in [0.15, 0.2) is 11.5 Å². The summed E-state index contributed by atoms with van der Waals surface area (Å²) in [6.45, 7) is 7.55. The molecule has 0 unspecified atom stereocenters. The fourth-order valence-corrected chi connectivity index (χ4v) is 6.73. The van der Waals surface area contributed by atoms with E-state index in [0.29, 0.717) is 38.3 Å². The lowest BCUT2D eigenvalue weighted by molar-refractivity contribution is -0.136. The average Bonchev–Trinajstić information content (AvgIpc) is 2.94. The highest BCUT2D eigenvalue weighted by molar-refractivity contribution is 9.11. The molecule has 0 amide bonds. The van der Waals surface area contributed by atoms with Crippen LogP contribution in [0.15, 0.2) is 76.0 Å². The van der Waals surface area contributed by atoms with Crippen molar-refractivity contribution in [2.45, 2.75) is 52.6 Å². The summed E-state index contributed by atoms with van der Waals surface area (Å²) >= 11 is 13.6. The number of carbonyl (C=O) groups is 1. The van der Waals surface area contributed by atoms with E-state index in [2.05, 4.69) is 73.9 Å². The van der Waals surface area contributed by atoms with Gasteiger partial charge in [-0.1, -0.05) is 0 Å². The molecule has 2 N–H and O–H groups in total. The van der Waals surface area contributed by atoms with Crippen LogP contribution in [0.25, 0.3) is 0 Å². The number of aliphatic hydroxyl groups is 1. The number of nitrogens with zero attached hydrogens (tertiary/aromatic N) is 4. The Morgan fingerprint density at radius 3 is 1.44 bits per heavy atom. The molecular weight excluding hydrogens is 848 g/mol. The Labute approximate surface area is 292 Å². The molecule has 0 aliphatic rings. The minimum absolute atomic E-state index is 0.0464. The molecule has 4 rings (SSSR count). The summed E-state index contributed by atoms with van der Waals surface area (Å²) in [6.07, 6.45) is 0.474. The molecule has 0 bridgehead atoms. The maximum absolute atomic E-state index is 11.7. The molecule has 2 aromatic heterocycles. The molecule has 0 fully saturated rings. The number of aromatic nitrogens is 4. The van der Waals surface area contributed by atoms with Gasteiger partial charge in [0.25, 0.3) is 11.1 Å². The number of hydrogen-bond acceptors (Lipinski definition) is 8. The van der Waals surface area contributed by atoms with E-state index in [1.54, 1.807) is 18.2 Å². The predicted octanol–water partition coefficient (Wildman–Crippen LogP) is 7.44. The lowest BCUT2D eigenvalue weighted by atomic mass is 10.1. The largest absolute Gasteiger partial charge is 0.481 e. The summed E-state index contributed by atoms with van der Waals surface area (Å²) < 4.78 is 16.9. The van der Waals surface area contributed by atoms with Gasteiger partial charge in [0.2, 0.25) is 11.8 Å². The van der Waals surface area contributed by atoms with Crippen molar-refractivity contribution in [1.82, 2.24) is 19.6 Å². The predicted molar refractivity (Wildman–Crippen MR) is 184 cm³/mol. The van der Waals surface area contributed by atoms with Crippen molar-refractivity contribution in [3.8, 4) is 23.3 Å². The third-order valence-electron chi connectivity index (χ3n) is 5.86. The first-order chi connectivity index (χ1) is 21.2. The number of rotatable bonds is 10. The second-order valence-corrected chi connectivity index (χ2v) is 13.5. The molecular formula is C30H30Br4N4O7. The molecule has 0 radical (unpaired) electrons. The van der Waals surface area contributed by atoms with Gasteiger partial charge in [-0.25, -0.2) is 9.36 Å². The van der Waals surface area contributed by atoms with Crippen LogP contribution in [-0.4, -0.2) is 42.4 Å². The van der Waals surface area contributed by atoms with E-state index in [1.165, 1.54) is 27.6 Å². The van der Waals surface area contributed by atoms with Gasteiger partial charge in [0.05, 0.1) is 36.4 Å². The van der Waals surface area contributed by atoms with Crippen LogP contribution in [0.4, 0.5) is 0 Å². The second-order valence-electron chi connectivity index (χ2n) is 10.1. The first kappa shape index (κ1) is 36.6. The smallest absolute Gasteiger partial charge is 0.307 e. The molecule has 2 heterocycles. The summed E-state index contributed by atoms with van der Waals surface area (Å²) in [6, 6.07) is 12.8. The highest BCUT2D eigenvalue weighted by Gasteiger charge is 2.15. The maximum atomic E-state index is 11.7. The van der Waals surface area contributed by atoms with Crippen LogP contribution in [0, 0.1) is 0 Å². The lowest BCUT2D eigenvalue weighted by Gasteiger charge is -2.13. The van der Waals surface area contributed by atoms with E-state index < -0.39 is 5.97 Å². The van der Waals surface area contributed by atoms with Gasteiger partial charge in [0.1, 0.15) is 0 Å². The Morgan fingerprint density at radius 1 is 0.733 bits per heavy atom. The highest BCUT2D eigenvalue weighted by atomic mass is 79.9. The Bertz CT molecular complexity index is 1750. The van der Waals surface area contributed by atoms with Crippen LogP contribution < -0.4 is 20.6 Å². The van der Waals surface area contributed by atoms with E-state index in [1.807, 2.05) is 39.8 Å². The molecule has 0 spiro atoms. The van der Waals surface area contributed by atoms with Crippen molar-refractivity contribution in [3.63, 3.8) is 0 Å². The molecule has 0 saturated heterocycles. The second kappa shape index (κ2) is 16.6. The van der Waals surface area contributed by atoms with Crippen LogP contribution in [0.5, 0.6) is 23.3 Å². The van der Waals surface area contributed by atoms with Crippen LogP contribution in [-0.2, 0) is 17.6 Å². The van der Waals surface area contributed by atoms with Crippen molar-refractivity contribution in [3.05, 3.63) is 98.3 Å². The number of benzene rings is 2. The average molecular weight is 878 g/mol. The zero-order valence-electron chi connectivity index (χ0n) is 24.6. The van der Waals surface area contributed by atoms with E-state index in [-0.39, 0.29) is 42.1 Å². The van der Waals surface area contributed by atoms with Gasteiger partial charge < -0.3 is 19.7 Å². The van der Waals surface area contributed by atoms with Crippen LogP contribution in [0.1, 0.15) is 50.9 Å². The van der Waals surface area contributed by atoms with Crippen LogP contribution in [0.2, 0.25) is 0 Å². The summed E-state index contributed by atoms with van der Waals surface area (Å²) in [5.74, 6) is 0.724. The number of hydrogen-bond donors (Lipinski definition) is 2. The topological polar surface area (TPSA) is 146 Å². The third kappa shape index (κ3) is 10.3. The molecule has 4 aromatic rings. The molecule has 0 saturated carbocycles. The Balaban J connectivity index is 0.000000246. The fraction of sp³-hybridized carbons (Fsp3) is 0.300. The van der Waals surface area contributed by atoms with Crippen molar-refractivity contribution in [2.75, 3.05) is 6.61 Å². The first-order valence-electron chi connectivity index (χ1n) is 13.5. The third-order valence-corrected chi connectivity index (χ3v) is 8.22. The first-order valence-corrected chi connectivity index (χ1v) is 16.7. The number of aliphatic carboxylic acids is 1. The number of carboxylic acid groups (broad SMARTS) is 1. The van der Waals surface area contributed by atoms with Gasteiger partial charge in [-0.05, 0) is 133 Å². The molecule has 45 heavy (non-hydrogen) atoms. The minimum Gasteiger partial charge on any atom is -0.481 e. The summed E-state index contributed by atoms with van der Waals surface area (Å²) in [4.78, 5) is 34.2. The van der Waals surface area contributed by atoms with Crippen molar-refractivity contribution in [1.29, 1.82) is 0 Å². The summed E-state index contributed by atoms with van der Waals surface area (Å²) in [5, 5.41) is 26.2. The Morgan fingerprint density at radius 2 is 1.11 bits per heavy atom. The number of carboxylic acids is 1. The zero-order chi connectivity index (χ0) is 33.4. The van der Waals surface area contributed by atoms with Crippen molar-refractivity contribution < 1.29 is 24.5 Å². The fourth-order valence-electron chi connectivity index (χ4n) is 3.84. The van der Waals surface area contributed by atoms with E-state index in [0.717, 1.165) is 14.5 Å². The van der Waals surface area contributed by atoms with E-state index in [9.17, 15) is 14.4 Å². The molecule has 240 valence electrons. The zero-order valence-corrected chi connectivity index (χ0v) is 31.0. The van der Waals surface area contributed by atoms with Crippen molar-refractivity contribution in [2.24, 2.45) is 0 Å². The standard InChI is InChI=1S/C15H14Br2N2O4.C15H16Br2N2O3/c1-8(2)19-13(20)4-3-12(18-19)23-15-10(16)5-9(6-11(15)17)7-14(21)22;1-9(2)19-14(21)4-3-13(18-19)22-15-11(16)7-10(5-6-20)8-12(15)17/h3-6,8H,7H2,1-2H3,(H,21,22);3-4,7-9,20H,5-6H2,1-2H3. The normalized spacial score (nSPS) is 10.9. The molecule has 0 aliphatic heterocycles. The van der Waals surface area contributed by atoms with Gasteiger partial charge in [0, 0.05) is 30.9 Å². The monoisotopic (exact) mass is 874 g/mol. The SMILES string of the molecule is CC(C)n1nc(Oc2c(Br)cc(CC(=O)O)cc2Br)ccc1=O.CC(C)n1nc(Oc2c(Br)cc(CCO)cc2Br)ccc1=O. The highest BCUT2D eigenvalue weighted by Crippen LogP contribution is 2.38. The molecule has 0 atom stereocenters. The number of ether oxygens (including phenoxy) is 2. The van der Waals surface area contributed by atoms with Gasteiger partial charge >= 0.3 is 5.97 Å². The number of halogens is 4. The van der Waals surface area contributed by atoms with E-state index >= 15 is 0 Å².